The van der Waals surface area contributed by atoms with E-state index in [2.05, 4.69) is 15.3 Å². The van der Waals surface area contributed by atoms with E-state index in [1.54, 1.807) is 49.6 Å². The summed E-state index contributed by atoms with van der Waals surface area (Å²) in [7, 11) is 1.57. The molecule has 0 spiro atoms. The molecular weight excluding hydrogens is 374 g/mol. The molecule has 0 bridgehead atoms. The van der Waals surface area contributed by atoms with Crippen molar-refractivity contribution >= 4 is 11.9 Å². The number of carboxylic acids is 1. The van der Waals surface area contributed by atoms with E-state index in [4.69, 9.17) is 4.74 Å². The van der Waals surface area contributed by atoms with E-state index in [9.17, 15) is 19.5 Å². The zero-order chi connectivity index (χ0) is 20.8. The third-order valence-corrected chi connectivity index (χ3v) is 4.21. The van der Waals surface area contributed by atoms with Crippen molar-refractivity contribution in [2.24, 2.45) is 0 Å². The van der Waals surface area contributed by atoms with Gasteiger partial charge in [-0.25, -0.2) is 9.78 Å². The maximum absolute atomic E-state index is 12.6. The van der Waals surface area contributed by atoms with Crippen molar-refractivity contribution in [3.8, 4) is 5.75 Å². The number of hydrogen-bond donors (Lipinski definition) is 3. The highest BCUT2D eigenvalue weighted by Gasteiger charge is 2.23. The van der Waals surface area contributed by atoms with Crippen LogP contribution in [0.4, 0.5) is 0 Å². The van der Waals surface area contributed by atoms with E-state index in [-0.39, 0.29) is 5.69 Å². The highest BCUT2D eigenvalue weighted by atomic mass is 16.5. The highest BCUT2D eigenvalue weighted by molar-refractivity contribution is 5.95. The molecule has 8 nitrogen and oxygen atoms in total. The van der Waals surface area contributed by atoms with Crippen LogP contribution in [0.5, 0.6) is 5.75 Å². The fourth-order valence-corrected chi connectivity index (χ4v) is 2.78. The molecule has 1 heterocycles. The Kier molecular flexibility index (Phi) is 6.03. The minimum Gasteiger partial charge on any atom is -0.497 e. The quantitative estimate of drug-likeness (QED) is 0.564. The molecule has 2 aromatic carbocycles. The molecule has 0 fully saturated rings. The number of benzene rings is 2. The molecule has 0 unspecified atom stereocenters. The molecule has 3 aromatic rings. The van der Waals surface area contributed by atoms with Gasteiger partial charge in [-0.2, -0.15) is 0 Å². The van der Waals surface area contributed by atoms with Crippen LogP contribution in [0.15, 0.2) is 65.5 Å². The number of H-pyrrole nitrogens is 1. The summed E-state index contributed by atoms with van der Waals surface area (Å²) in [4.78, 5) is 42.9. The number of methoxy groups -OCH3 is 1. The normalized spacial score (nSPS) is 11.5. The minimum absolute atomic E-state index is 0.153. The molecule has 1 atom stereocenters. The van der Waals surface area contributed by atoms with Gasteiger partial charge in [-0.15, -0.1) is 0 Å². The zero-order valence-electron chi connectivity index (χ0n) is 15.6. The van der Waals surface area contributed by atoms with E-state index in [1.165, 1.54) is 0 Å². The van der Waals surface area contributed by atoms with Gasteiger partial charge in [-0.1, -0.05) is 42.5 Å². The van der Waals surface area contributed by atoms with E-state index in [0.29, 0.717) is 23.6 Å². The van der Waals surface area contributed by atoms with Crippen molar-refractivity contribution < 1.29 is 19.4 Å². The fourth-order valence-electron chi connectivity index (χ4n) is 2.78. The maximum atomic E-state index is 12.6. The largest absolute Gasteiger partial charge is 0.497 e. The molecule has 29 heavy (non-hydrogen) atoms. The Morgan fingerprint density at radius 1 is 1.14 bits per heavy atom. The van der Waals surface area contributed by atoms with Crippen LogP contribution in [0, 0.1) is 0 Å². The van der Waals surface area contributed by atoms with Crippen LogP contribution in [0.2, 0.25) is 0 Å². The number of amides is 1. The molecule has 0 saturated heterocycles. The van der Waals surface area contributed by atoms with Crippen molar-refractivity contribution in [1.82, 2.24) is 15.3 Å². The number of nitrogens with one attached hydrogen (secondary N) is 2. The molecule has 0 saturated carbocycles. The summed E-state index contributed by atoms with van der Waals surface area (Å²) >= 11 is 0. The van der Waals surface area contributed by atoms with Crippen molar-refractivity contribution in [1.29, 1.82) is 0 Å². The minimum atomic E-state index is -1.25. The van der Waals surface area contributed by atoms with Crippen LogP contribution in [0.1, 0.15) is 33.5 Å². The Morgan fingerprint density at radius 3 is 2.45 bits per heavy atom. The third kappa shape index (κ3) is 5.07. The van der Waals surface area contributed by atoms with Crippen molar-refractivity contribution in [3.63, 3.8) is 0 Å². The lowest BCUT2D eigenvalue weighted by atomic mass is 10.1. The Hall–Kier alpha value is -3.94. The summed E-state index contributed by atoms with van der Waals surface area (Å²) in [5.41, 5.74) is 0.621. The number of hydrogen-bond acceptors (Lipinski definition) is 5. The van der Waals surface area contributed by atoms with Crippen LogP contribution >= 0.6 is 0 Å². The highest BCUT2D eigenvalue weighted by Crippen LogP contribution is 2.15. The van der Waals surface area contributed by atoms with Gasteiger partial charge in [0.15, 0.2) is 6.04 Å². The summed E-state index contributed by atoms with van der Waals surface area (Å²) in [6.45, 7) is 0. The fraction of sp³-hybridized carbons (Fsp3) is 0.143. The van der Waals surface area contributed by atoms with Gasteiger partial charge in [0.2, 0.25) is 0 Å². The average Bonchev–Trinajstić information content (AvgIpc) is 2.72. The molecule has 1 amide bonds. The Balaban J connectivity index is 1.81. The lowest BCUT2D eigenvalue weighted by molar-refractivity contribution is -0.139. The number of carbonyl (C=O) groups is 2. The molecule has 3 rings (SSSR count). The molecule has 0 aliphatic rings. The van der Waals surface area contributed by atoms with Crippen LogP contribution in [-0.2, 0) is 11.2 Å². The standard InChI is InChI=1S/C21H19N3O5/c1-29-15-9-7-13(8-10-15)11-17-22-16(12-18(25)23-17)20(26)24-19(21(27)28)14-5-3-2-4-6-14/h2-10,12,19H,11H2,1H3,(H,24,26)(H,27,28)(H,22,23,25)/t19-/m0/s1. The van der Waals surface area contributed by atoms with Crippen LogP contribution in [0.3, 0.4) is 0 Å². The smallest absolute Gasteiger partial charge is 0.330 e. The van der Waals surface area contributed by atoms with Gasteiger partial charge >= 0.3 is 5.97 Å². The SMILES string of the molecule is COc1ccc(Cc2nc(C(=O)N[C@H](C(=O)O)c3ccccc3)cc(=O)[nH]2)cc1. The van der Waals surface area contributed by atoms with Gasteiger partial charge < -0.3 is 20.1 Å². The summed E-state index contributed by atoms with van der Waals surface area (Å²) < 4.78 is 5.11. The third-order valence-electron chi connectivity index (χ3n) is 4.21. The number of aromatic nitrogens is 2. The average molecular weight is 393 g/mol. The molecule has 1 aromatic heterocycles. The van der Waals surface area contributed by atoms with E-state index < -0.39 is 23.5 Å². The van der Waals surface area contributed by atoms with Gasteiger partial charge in [0.25, 0.3) is 11.5 Å². The van der Waals surface area contributed by atoms with Gasteiger partial charge in [-0.3, -0.25) is 9.59 Å². The summed E-state index contributed by atoms with van der Waals surface area (Å²) in [5.74, 6) is -0.973. The van der Waals surface area contributed by atoms with Crippen LogP contribution < -0.4 is 15.6 Å². The second-order valence-corrected chi connectivity index (χ2v) is 6.26. The zero-order valence-corrected chi connectivity index (χ0v) is 15.6. The maximum Gasteiger partial charge on any atom is 0.330 e. The second kappa shape index (κ2) is 8.83. The van der Waals surface area contributed by atoms with Crippen molar-refractivity contribution in [3.05, 3.63) is 93.7 Å². The number of carbonyl (C=O) groups excluding carboxylic acids is 1. The summed E-state index contributed by atoms with van der Waals surface area (Å²) in [6, 6.07) is 15.3. The number of rotatable bonds is 7. The topological polar surface area (TPSA) is 121 Å². The van der Waals surface area contributed by atoms with Gasteiger partial charge in [-0.05, 0) is 23.3 Å². The molecule has 0 aliphatic carbocycles. The predicted molar refractivity (Wildman–Crippen MR) is 105 cm³/mol. The Morgan fingerprint density at radius 2 is 1.83 bits per heavy atom. The summed E-state index contributed by atoms with van der Waals surface area (Å²) in [6.07, 6.45) is 0.293. The monoisotopic (exact) mass is 393 g/mol. The van der Waals surface area contributed by atoms with E-state index in [0.717, 1.165) is 11.6 Å². The number of aromatic amines is 1. The first-order valence-electron chi connectivity index (χ1n) is 8.78. The molecule has 148 valence electrons. The van der Waals surface area contributed by atoms with E-state index in [1.807, 2.05) is 12.1 Å². The van der Waals surface area contributed by atoms with E-state index >= 15 is 0 Å². The molecule has 8 heteroatoms. The molecular formula is C21H19N3O5. The number of carboxylic acid groups (broad SMARTS) is 1. The number of ether oxygens (including phenoxy) is 1. The van der Waals surface area contributed by atoms with Crippen LogP contribution in [0.25, 0.3) is 0 Å². The van der Waals surface area contributed by atoms with Gasteiger partial charge in [0.05, 0.1) is 7.11 Å². The Bertz CT molecular complexity index is 1060. The number of nitrogens with zero attached hydrogens (tertiary/aromatic N) is 1. The lowest BCUT2D eigenvalue weighted by Crippen LogP contribution is -2.35. The lowest BCUT2D eigenvalue weighted by Gasteiger charge is -2.14. The number of aliphatic carboxylic acids is 1. The predicted octanol–water partition coefficient (Wildman–Crippen LogP) is 1.93. The van der Waals surface area contributed by atoms with Crippen LogP contribution in [-0.4, -0.2) is 34.1 Å². The van der Waals surface area contributed by atoms with Gasteiger partial charge in [0.1, 0.15) is 17.3 Å². The van der Waals surface area contributed by atoms with Gasteiger partial charge in [0, 0.05) is 12.5 Å². The molecule has 3 N–H and O–H groups in total. The first kappa shape index (κ1) is 19.8. The summed E-state index contributed by atoms with van der Waals surface area (Å²) in [5, 5.41) is 11.9. The second-order valence-electron chi connectivity index (χ2n) is 6.26. The van der Waals surface area contributed by atoms with Crippen molar-refractivity contribution in [2.75, 3.05) is 7.11 Å². The first-order valence-corrected chi connectivity index (χ1v) is 8.78. The molecule has 0 aliphatic heterocycles. The first-order chi connectivity index (χ1) is 14.0. The Labute approximate surface area is 166 Å². The van der Waals surface area contributed by atoms with Crippen molar-refractivity contribution in [2.45, 2.75) is 12.5 Å². The molecule has 0 radical (unpaired) electrons.